The molecule has 3 nitrogen and oxygen atoms in total. The Labute approximate surface area is 127 Å². The van der Waals surface area contributed by atoms with Gasteiger partial charge in [-0.2, -0.15) is 0 Å². The van der Waals surface area contributed by atoms with Crippen molar-refractivity contribution in [3.05, 3.63) is 59.4 Å². The highest BCUT2D eigenvalue weighted by Crippen LogP contribution is 2.25. The van der Waals surface area contributed by atoms with Crippen molar-refractivity contribution in [3.8, 4) is 5.75 Å². The summed E-state index contributed by atoms with van der Waals surface area (Å²) in [4.78, 5) is 4.40. The Morgan fingerprint density at radius 1 is 1.14 bits per heavy atom. The van der Waals surface area contributed by atoms with Gasteiger partial charge in [-0.15, -0.1) is 0 Å². The Morgan fingerprint density at radius 3 is 2.52 bits per heavy atom. The molecule has 1 N–H and O–H groups in total. The second kappa shape index (κ2) is 7.79. The lowest BCUT2D eigenvalue weighted by Gasteiger charge is -2.20. The third-order valence-corrected chi connectivity index (χ3v) is 3.45. The van der Waals surface area contributed by atoms with Crippen LogP contribution in [0.25, 0.3) is 0 Å². The molecule has 0 fully saturated rings. The highest BCUT2D eigenvalue weighted by Gasteiger charge is 2.15. The van der Waals surface area contributed by atoms with Crippen molar-refractivity contribution in [1.82, 2.24) is 10.3 Å². The predicted octanol–water partition coefficient (Wildman–Crippen LogP) is 3.88. The van der Waals surface area contributed by atoms with Gasteiger partial charge in [-0.1, -0.05) is 32.0 Å². The van der Waals surface area contributed by atoms with Crippen molar-refractivity contribution >= 4 is 0 Å². The largest absolute Gasteiger partial charge is 0.494 e. The summed E-state index contributed by atoms with van der Waals surface area (Å²) in [5.41, 5.74) is 3.52. The molecule has 0 aliphatic carbocycles. The maximum atomic E-state index is 5.65. The Balaban J connectivity index is 2.24. The molecule has 21 heavy (non-hydrogen) atoms. The zero-order valence-electron chi connectivity index (χ0n) is 13.1. The zero-order chi connectivity index (χ0) is 15.1. The average molecular weight is 284 g/mol. The minimum atomic E-state index is 0.170. The van der Waals surface area contributed by atoms with Crippen LogP contribution in [0.15, 0.2) is 42.6 Å². The van der Waals surface area contributed by atoms with E-state index in [0.717, 1.165) is 31.0 Å². The highest BCUT2D eigenvalue weighted by molar-refractivity contribution is 5.36. The molecule has 0 aliphatic rings. The third-order valence-electron chi connectivity index (χ3n) is 3.45. The van der Waals surface area contributed by atoms with Crippen LogP contribution in [0.5, 0.6) is 5.75 Å². The van der Waals surface area contributed by atoms with Gasteiger partial charge in [0.15, 0.2) is 0 Å². The molecule has 1 aromatic carbocycles. The predicted molar refractivity (Wildman–Crippen MR) is 86.7 cm³/mol. The van der Waals surface area contributed by atoms with E-state index in [1.165, 1.54) is 11.1 Å². The van der Waals surface area contributed by atoms with E-state index in [0.29, 0.717) is 0 Å². The smallest absolute Gasteiger partial charge is 0.119 e. The molecular weight excluding hydrogens is 260 g/mol. The lowest BCUT2D eigenvalue weighted by Crippen LogP contribution is -2.23. The minimum absolute atomic E-state index is 0.170. The number of aromatic nitrogens is 1. The van der Waals surface area contributed by atoms with E-state index < -0.39 is 0 Å². The fourth-order valence-electron chi connectivity index (χ4n) is 2.39. The molecule has 0 aliphatic heterocycles. The van der Waals surface area contributed by atoms with Crippen LogP contribution in [-0.2, 0) is 0 Å². The number of benzene rings is 1. The number of nitrogens with one attached hydrogen (secondary N) is 1. The van der Waals surface area contributed by atoms with Gasteiger partial charge in [0.1, 0.15) is 5.75 Å². The van der Waals surface area contributed by atoms with Gasteiger partial charge in [0.25, 0.3) is 0 Å². The molecule has 0 saturated heterocycles. The summed E-state index contributed by atoms with van der Waals surface area (Å²) in [7, 11) is 0. The number of hydrogen-bond acceptors (Lipinski definition) is 3. The van der Waals surface area contributed by atoms with Crippen LogP contribution in [0.3, 0.4) is 0 Å². The first-order chi connectivity index (χ1) is 10.3. The van der Waals surface area contributed by atoms with Crippen LogP contribution in [0.4, 0.5) is 0 Å². The van der Waals surface area contributed by atoms with Crippen LogP contribution >= 0.6 is 0 Å². The first-order valence-electron chi connectivity index (χ1n) is 7.64. The summed E-state index contributed by atoms with van der Waals surface area (Å²) in [6.45, 7) is 7.96. The van der Waals surface area contributed by atoms with Gasteiger partial charge in [0.05, 0.1) is 12.6 Å². The van der Waals surface area contributed by atoms with E-state index in [2.05, 4.69) is 49.3 Å². The van der Waals surface area contributed by atoms with Crippen LogP contribution in [0.1, 0.15) is 43.1 Å². The topological polar surface area (TPSA) is 34.1 Å². The summed E-state index contributed by atoms with van der Waals surface area (Å²) in [6, 6.07) is 12.6. The fraction of sp³-hybridized carbons (Fsp3) is 0.389. The van der Waals surface area contributed by atoms with Gasteiger partial charge in [-0.25, -0.2) is 0 Å². The molecule has 0 amide bonds. The summed E-state index contributed by atoms with van der Waals surface area (Å²) in [6.07, 6.45) is 2.86. The summed E-state index contributed by atoms with van der Waals surface area (Å²) < 4.78 is 5.65. The van der Waals surface area contributed by atoms with Gasteiger partial charge >= 0.3 is 0 Å². The first kappa shape index (κ1) is 15.5. The molecule has 1 aromatic heterocycles. The van der Waals surface area contributed by atoms with Crippen molar-refractivity contribution in [2.24, 2.45) is 0 Å². The van der Waals surface area contributed by atoms with Crippen molar-refractivity contribution in [3.63, 3.8) is 0 Å². The molecule has 0 bridgehead atoms. The van der Waals surface area contributed by atoms with Crippen molar-refractivity contribution in [2.75, 3.05) is 13.2 Å². The molecule has 0 radical (unpaired) electrons. The Hall–Kier alpha value is -1.87. The number of ether oxygens (including phenoxy) is 1. The number of hydrogen-bond donors (Lipinski definition) is 1. The van der Waals surface area contributed by atoms with Gasteiger partial charge < -0.3 is 10.1 Å². The Morgan fingerprint density at radius 2 is 1.90 bits per heavy atom. The summed E-state index contributed by atoms with van der Waals surface area (Å²) in [5, 5.41) is 3.54. The van der Waals surface area contributed by atoms with Gasteiger partial charge in [-0.05, 0) is 49.2 Å². The summed E-state index contributed by atoms with van der Waals surface area (Å²) >= 11 is 0. The molecule has 2 aromatic rings. The van der Waals surface area contributed by atoms with E-state index in [-0.39, 0.29) is 6.04 Å². The van der Waals surface area contributed by atoms with Crippen molar-refractivity contribution in [2.45, 2.75) is 33.2 Å². The quantitative estimate of drug-likeness (QED) is 0.838. The molecule has 0 saturated carbocycles. The maximum absolute atomic E-state index is 5.65. The molecule has 112 valence electrons. The minimum Gasteiger partial charge on any atom is -0.494 e. The number of aryl methyl sites for hydroxylation is 1. The molecule has 0 spiro atoms. The summed E-state index contributed by atoms with van der Waals surface area (Å²) in [5.74, 6) is 0.929. The van der Waals surface area contributed by atoms with Gasteiger partial charge in [0.2, 0.25) is 0 Å². The van der Waals surface area contributed by atoms with E-state index in [9.17, 15) is 0 Å². The SMILES string of the molecule is CCCOc1ccc(C(NCC)c2cccnc2C)cc1. The maximum Gasteiger partial charge on any atom is 0.119 e. The highest BCUT2D eigenvalue weighted by atomic mass is 16.5. The third kappa shape index (κ3) is 4.05. The number of rotatable bonds is 7. The Kier molecular flexibility index (Phi) is 5.76. The van der Waals surface area contributed by atoms with E-state index in [1.54, 1.807) is 0 Å². The van der Waals surface area contributed by atoms with E-state index in [4.69, 9.17) is 4.74 Å². The monoisotopic (exact) mass is 284 g/mol. The Bertz CT molecular complexity index is 551. The molecule has 1 unspecified atom stereocenters. The van der Waals surface area contributed by atoms with Crippen LogP contribution < -0.4 is 10.1 Å². The zero-order valence-corrected chi connectivity index (χ0v) is 13.1. The van der Waals surface area contributed by atoms with Gasteiger partial charge in [0, 0.05) is 11.9 Å². The molecule has 3 heteroatoms. The van der Waals surface area contributed by atoms with Crippen LogP contribution in [0.2, 0.25) is 0 Å². The molecule has 2 rings (SSSR count). The lowest BCUT2D eigenvalue weighted by atomic mass is 9.97. The number of nitrogens with zero attached hydrogens (tertiary/aromatic N) is 1. The average Bonchev–Trinajstić information content (AvgIpc) is 2.52. The second-order valence-electron chi connectivity index (χ2n) is 5.09. The normalized spacial score (nSPS) is 12.1. The van der Waals surface area contributed by atoms with E-state index in [1.807, 2.05) is 24.4 Å². The van der Waals surface area contributed by atoms with E-state index >= 15 is 0 Å². The van der Waals surface area contributed by atoms with Crippen LogP contribution in [-0.4, -0.2) is 18.1 Å². The molecule has 1 heterocycles. The lowest BCUT2D eigenvalue weighted by molar-refractivity contribution is 0.317. The standard InChI is InChI=1S/C18H24N2O/c1-4-13-21-16-10-8-15(9-11-16)18(19-5-2)17-7-6-12-20-14(17)3/h6-12,18-19H,4-5,13H2,1-3H3. The molecule has 1 atom stereocenters. The first-order valence-corrected chi connectivity index (χ1v) is 7.64. The number of pyridine rings is 1. The fourth-order valence-corrected chi connectivity index (χ4v) is 2.39. The van der Waals surface area contributed by atoms with Gasteiger partial charge in [-0.3, -0.25) is 4.98 Å². The molecular formula is C18H24N2O. The second-order valence-corrected chi connectivity index (χ2v) is 5.09. The van der Waals surface area contributed by atoms with Crippen molar-refractivity contribution < 1.29 is 4.74 Å². The van der Waals surface area contributed by atoms with Crippen molar-refractivity contribution in [1.29, 1.82) is 0 Å². The van der Waals surface area contributed by atoms with Crippen LogP contribution in [0, 0.1) is 6.92 Å².